The molecule has 114 valence electrons. The van der Waals surface area contributed by atoms with Gasteiger partial charge in [0.2, 0.25) is 5.91 Å². The van der Waals surface area contributed by atoms with Crippen LogP contribution >= 0.6 is 11.8 Å². The predicted molar refractivity (Wildman–Crippen MR) is 84.5 cm³/mol. The van der Waals surface area contributed by atoms with E-state index >= 15 is 0 Å². The third kappa shape index (κ3) is 2.37. The Morgan fingerprint density at radius 2 is 2.00 bits per heavy atom. The maximum atomic E-state index is 12.4. The maximum absolute atomic E-state index is 12.4. The van der Waals surface area contributed by atoms with Crippen LogP contribution < -0.4 is 10.9 Å². The lowest BCUT2D eigenvalue weighted by molar-refractivity contribution is -0.116. The Bertz CT molecular complexity index is 799. The molecule has 0 fully saturated rings. The van der Waals surface area contributed by atoms with Crippen molar-refractivity contribution in [3.05, 3.63) is 45.7 Å². The van der Waals surface area contributed by atoms with Gasteiger partial charge in [-0.3, -0.25) is 9.59 Å². The molecule has 0 spiro atoms. The number of carbonyl (C=O) groups is 1. The molecule has 1 atom stereocenters. The first-order chi connectivity index (χ1) is 10.5. The number of aromatic nitrogens is 2. The number of anilines is 1. The quantitative estimate of drug-likeness (QED) is 0.650. The molecule has 1 aromatic heterocycles. The zero-order valence-electron chi connectivity index (χ0n) is 12.2. The molecule has 2 heterocycles. The number of fused-ring (bicyclic) bond motifs is 1. The van der Waals surface area contributed by atoms with Crippen LogP contribution in [0.4, 0.5) is 5.82 Å². The summed E-state index contributed by atoms with van der Waals surface area (Å²) in [4.78, 5) is 28.5. The van der Waals surface area contributed by atoms with Gasteiger partial charge < -0.3 is 15.0 Å². The van der Waals surface area contributed by atoms with Gasteiger partial charge in [-0.25, -0.2) is 0 Å². The Kier molecular flexibility index (Phi) is 3.66. The molecule has 0 saturated heterocycles. The number of hydrogen-bond acceptors (Lipinski definition) is 5. The number of amides is 1. The minimum Gasteiger partial charge on any atom is -0.508 e. The molecule has 6 nitrogen and oxygen atoms in total. The fraction of sp³-hybridized carbons (Fsp3) is 0.267. The van der Waals surface area contributed by atoms with E-state index in [0.29, 0.717) is 16.5 Å². The SMILES string of the molecule is CSc1nc(=O)c2c(n1C)NC(=O)C[C@@H]2c1ccc(O)cc1. The molecule has 1 aliphatic rings. The van der Waals surface area contributed by atoms with Gasteiger partial charge in [0.05, 0.1) is 5.56 Å². The number of rotatable bonds is 2. The van der Waals surface area contributed by atoms with Crippen LogP contribution in [0.15, 0.2) is 34.2 Å². The molecule has 1 aromatic carbocycles. The second-order valence-corrected chi connectivity index (χ2v) is 5.89. The first kappa shape index (κ1) is 14.6. The molecule has 0 unspecified atom stereocenters. The molecule has 1 amide bonds. The van der Waals surface area contributed by atoms with Crippen molar-refractivity contribution >= 4 is 23.5 Å². The first-order valence-electron chi connectivity index (χ1n) is 6.75. The predicted octanol–water partition coefficient (Wildman–Crippen LogP) is 1.68. The van der Waals surface area contributed by atoms with Gasteiger partial charge in [-0.1, -0.05) is 23.9 Å². The number of aromatic hydroxyl groups is 1. The van der Waals surface area contributed by atoms with Gasteiger partial charge in [-0.05, 0) is 24.0 Å². The first-order valence-corrected chi connectivity index (χ1v) is 7.97. The zero-order chi connectivity index (χ0) is 15.9. The average molecular weight is 317 g/mol. The number of hydrogen-bond donors (Lipinski definition) is 2. The van der Waals surface area contributed by atoms with Crippen LogP contribution in [0.1, 0.15) is 23.5 Å². The fourth-order valence-electron chi connectivity index (χ4n) is 2.71. The Balaban J connectivity index is 2.21. The highest BCUT2D eigenvalue weighted by Crippen LogP contribution is 2.35. The molecule has 22 heavy (non-hydrogen) atoms. The van der Waals surface area contributed by atoms with Gasteiger partial charge in [-0.15, -0.1) is 0 Å². The van der Waals surface area contributed by atoms with Crippen molar-refractivity contribution in [3.8, 4) is 5.75 Å². The molecule has 0 saturated carbocycles. The molecule has 0 aliphatic carbocycles. The number of nitrogens with one attached hydrogen (secondary N) is 1. The maximum Gasteiger partial charge on any atom is 0.279 e. The van der Waals surface area contributed by atoms with Crippen molar-refractivity contribution in [1.29, 1.82) is 0 Å². The van der Waals surface area contributed by atoms with E-state index in [1.165, 1.54) is 11.8 Å². The average Bonchev–Trinajstić information content (AvgIpc) is 2.50. The van der Waals surface area contributed by atoms with Gasteiger partial charge >= 0.3 is 0 Å². The Hall–Kier alpha value is -2.28. The van der Waals surface area contributed by atoms with E-state index in [0.717, 1.165) is 5.56 Å². The number of phenolic OH excluding ortho intramolecular Hbond substituents is 1. The lowest BCUT2D eigenvalue weighted by atomic mass is 9.87. The van der Waals surface area contributed by atoms with Crippen LogP contribution in [0, 0.1) is 0 Å². The monoisotopic (exact) mass is 317 g/mol. The molecular formula is C15H15N3O3S. The van der Waals surface area contributed by atoms with Crippen molar-refractivity contribution in [2.45, 2.75) is 17.5 Å². The van der Waals surface area contributed by atoms with Crippen molar-refractivity contribution in [2.75, 3.05) is 11.6 Å². The third-order valence-corrected chi connectivity index (χ3v) is 4.51. The second kappa shape index (κ2) is 5.49. The molecule has 0 radical (unpaired) electrons. The van der Waals surface area contributed by atoms with Crippen LogP contribution in [-0.4, -0.2) is 26.8 Å². The highest BCUT2D eigenvalue weighted by molar-refractivity contribution is 7.98. The normalized spacial score (nSPS) is 17.0. The summed E-state index contributed by atoms with van der Waals surface area (Å²) in [6.07, 6.45) is 2.02. The Labute approximate surface area is 131 Å². The smallest absolute Gasteiger partial charge is 0.279 e. The van der Waals surface area contributed by atoms with Crippen LogP contribution in [-0.2, 0) is 11.8 Å². The standard InChI is InChI=1S/C15H15N3O3S/c1-18-13-12(14(21)17-15(18)22-2)10(7-11(20)16-13)8-3-5-9(19)6-4-8/h3-6,10,19H,7H2,1-2H3,(H,16,20)/t10-/m1/s1. The van der Waals surface area contributed by atoms with Crippen molar-refractivity contribution < 1.29 is 9.90 Å². The van der Waals surface area contributed by atoms with E-state index < -0.39 is 0 Å². The zero-order valence-corrected chi connectivity index (χ0v) is 13.0. The van der Waals surface area contributed by atoms with E-state index in [9.17, 15) is 14.7 Å². The van der Waals surface area contributed by atoms with E-state index in [-0.39, 0.29) is 29.6 Å². The highest BCUT2D eigenvalue weighted by Gasteiger charge is 2.31. The largest absolute Gasteiger partial charge is 0.508 e. The minimum atomic E-state index is -0.355. The van der Waals surface area contributed by atoms with E-state index in [2.05, 4.69) is 10.3 Å². The summed E-state index contributed by atoms with van der Waals surface area (Å²) in [7, 11) is 1.77. The van der Waals surface area contributed by atoms with Crippen LogP contribution in [0.25, 0.3) is 0 Å². The molecule has 7 heteroatoms. The minimum absolute atomic E-state index is 0.140. The Morgan fingerprint density at radius 1 is 1.32 bits per heavy atom. The van der Waals surface area contributed by atoms with Gasteiger partial charge in [0.15, 0.2) is 5.16 Å². The number of benzene rings is 1. The molecule has 0 bridgehead atoms. The summed E-state index contributed by atoms with van der Waals surface area (Å²) < 4.78 is 1.73. The summed E-state index contributed by atoms with van der Waals surface area (Å²) in [5, 5.41) is 12.7. The summed E-state index contributed by atoms with van der Waals surface area (Å²) in [6, 6.07) is 6.56. The van der Waals surface area contributed by atoms with Gasteiger partial charge in [0.1, 0.15) is 11.6 Å². The number of phenols is 1. The number of nitrogens with zero attached hydrogens (tertiary/aromatic N) is 2. The number of carbonyl (C=O) groups excluding carboxylic acids is 1. The van der Waals surface area contributed by atoms with Gasteiger partial charge in [-0.2, -0.15) is 4.98 Å². The summed E-state index contributed by atoms with van der Waals surface area (Å²) in [5.41, 5.74) is 0.978. The lowest BCUT2D eigenvalue weighted by Gasteiger charge is -2.27. The number of thioether (sulfide) groups is 1. The Morgan fingerprint density at radius 3 is 2.64 bits per heavy atom. The second-order valence-electron chi connectivity index (χ2n) is 5.12. The molecular weight excluding hydrogens is 302 g/mol. The molecule has 2 aromatic rings. The lowest BCUT2D eigenvalue weighted by Crippen LogP contribution is -2.33. The van der Waals surface area contributed by atoms with Crippen molar-refractivity contribution in [3.63, 3.8) is 0 Å². The summed E-state index contributed by atoms with van der Waals surface area (Å²) >= 11 is 1.35. The van der Waals surface area contributed by atoms with Crippen molar-refractivity contribution in [2.24, 2.45) is 7.05 Å². The van der Waals surface area contributed by atoms with Crippen LogP contribution in [0.5, 0.6) is 5.75 Å². The topological polar surface area (TPSA) is 84.2 Å². The summed E-state index contributed by atoms with van der Waals surface area (Å²) in [6.45, 7) is 0. The molecule has 3 rings (SSSR count). The third-order valence-electron chi connectivity index (χ3n) is 3.78. The molecule has 1 aliphatic heterocycles. The van der Waals surface area contributed by atoms with Crippen LogP contribution in [0.3, 0.4) is 0 Å². The van der Waals surface area contributed by atoms with E-state index in [4.69, 9.17) is 0 Å². The summed E-state index contributed by atoms with van der Waals surface area (Å²) in [5.74, 6) is 0.150. The van der Waals surface area contributed by atoms with Crippen LogP contribution in [0.2, 0.25) is 0 Å². The molecule has 2 N–H and O–H groups in total. The van der Waals surface area contributed by atoms with E-state index in [1.807, 2.05) is 6.26 Å². The van der Waals surface area contributed by atoms with Crippen molar-refractivity contribution in [1.82, 2.24) is 9.55 Å². The van der Waals surface area contributed by atoms with Gasteiger partial charge in [0.25, 0.3) is 5.56 Å². The highest BCUT2D eigenvalue weighted by atomic mass is 32.2. The van der Waals surface area contributed by atoms with E-state index in [1.54, 1.807) is 35.9 Å². The van der Waals surface area contributed by atoms with Gasteiger partial charge in [0, 0.05) is 19.4 Å². The fourth-order valence-corrected chi connectivity index (χ4v) is 3.25.